The molecule has 0 aromatic heterocycles. The van der Waals surface area contributed by atoms with Crippen LogP contribution in [-0.2, 0) is 20.8 Å². The molecule has 4 nitrogen and oxygen atoms in total. The Hall–Kier alpha value is -0.940. The van der Waals surface area contributed by atoms with Gasteiger partial charge in [-0.3, -0.25) is 0 Å². The topological polar surface area (TPSA) is 47.9 Å². The van der Waals surface area contributed by atoms with E-state index in [1.807, 2.05) is 32.0 Å². The molecule has 0 saturated carbocycles. The zero-order valence-electron chi connectivity index (χ0n) is 13.0. The average molecular weight is 294 g/mol. The van der Waals surface area contributed by atoms with Crippen molar-refractivity contribution >= 4 is 0 Å². The average Bonchev–Trinajstić information content (AvgIpc) is 2.78. The molecule has 1 aliphatic rings. The van der Waals surface area contributed by atoms with Gasteiger partial charge in [0.25, 0.3) is 0 Å². The Morgan fingerprint density at radius 1 is 1.10 bits per heavy atom. The highest BCUT2D eigenvalue weighted by Crippen LogP contribution is 2.30. The molecule has 0 bridgehead atoms. The van der Waals surface area contributed by atoms with E-state index in [-0.39, 0.29) is 18.8 Å². The van der Waals surface area contributed by atoms with Crippen LogP contribution >= 0.6 is 0 Å². The van der Waals surface area contributed by atoms with Gasteiger partial charge in [0.15, 0.2) is 5.79 Å². The summed E-state index contributed by atoms with van der Waals surface area (Å²) in [5.41, 5.74) is 1.20. The van der Waals surface area contributed by atoms with Crippen LogP contribution < -0.4 is 0 Å². The van der Waals surface area contributed by atoms with E-state index in [1.165, 1.54) is 5.56 Å². The third kappa shape index (κ3) is 5.40. The molecule has 1 aromatic rings. The first kappa shape index (κ1) is 16.4. The van der Waals surface area contributed by atoms with Gasteiger partial charge in [0.2, 0.25) is 0 Å². The smallest absolute Gasteiger partial charge is 0.163 e. The van der Waals surface area contributed by atoms with Crippen LogP contribution in [0.25, 0.3) is 0 Å². The van der Waals surface area contributed by atoms with Crippen molar-refractivity contribution in [3.05, 3.63) is 35.9 Å². The summed E-state index contributed by atoms with van der Waals surface area (Å²) in [6.45, 7) is 5.20. The van der Waals surface area contributed by atoms with Crippen LogP contribution in [0, 0.1) is 0 Å². The van der Waals surface area contributed by atoms with Gasteiger partial charge in [-0.1, -0.05) is 30.3 Å². The molecule has 0 spiro atoms. The Balaban J connectivity index is 1.57. The maximum absolute atomic E-state index is 9.31. The first-order valence-electron chi connectivity index (χ1n) is 7.69. The minimum absolute atomic E-state index is 0.0125. The first-order valence-corrected chi connectivity index (χ1v) is 7.69. The van der Waals surface area contributed by atoms with Gasteiger partial charge in [-0.2, -0.15) is 0 Å². The first-order chi connectivity index (χ1) is 10.1. The molecule has 118 valence electrons. The van der Waals surface area contributed by atoms with Crippen LogP contribution in [0.1, 0.15) is 38.7 Å². The predicted octanol–water partition coefficient (Wildman–Crippen LogP) is 2.89. The van der Waals surface area contributed by atoms with E-state index in [0.717, 1.165) is 25.9 Å². The minimum atomic E-state index is -0.581. The Bertz CT molecular complexity index is 405. The van der Waals surface area contributed by atoms with Crippen molar-refractivity contribution in [1.29, 1.82) is 0 Å². The molecule has 1 aliphatic heterocycles. The van der Waals surface area contributed by atoms with Crippen LogP contribution in [0.15, 0.2) is 30.3 Å². The third-order valence-electron chi connectivity index (χ3n) is 3.60. The third-order valence-corrected chi connectivity index (χ3v) is 3.60. The van der Waals surface area contributed by atoms with Gasteiger partial charge in [0, 0.05) is 6.61 Å². The number of unbranched alkanes of at least 4 members (excludes halogenated alkanes) is 1. The molecule has 0 unspecified atom stereocenters. The van der Waals surface area contributed by atoms with Gasteiger partial charge >= 0.3 is 0 Å². The van der Waals surface area contributed by atoms with Crippen molar-refractivity contribution in [2.24, 2.45) is 0 Å². The zero-order chi connectivity index (χ0) is 15.1. The molecule has 1 heterocycles. The lowest BCUT2D eigenvalue weighted by Gasteiger charge is -2.16. The number of hydrogen-bond acceptors (Lipinski definition) is 4. The highest BCUT2D eigenvalue weighted by Gasteiger charge is 2.40. The van der Waals surface area contributed by atoms with Gasteiger partial charge in [-0.05, 0) is 38.7 Å². The zero-order valence-corrected chi connectivity index (χ0v) is 13.0. The molecule has 21 heavy (non-hydrogen) atoms. The van der Waals surface area contributed by atoms with Crippen LogP contribution in [0.5, 0.6) is 0 Å². The van der Waals surface area contributed by atoms with E-state index in [4.69, 9.17) is 14.2 Å². The number of ether oxygens (including phenoxy) is 3. The Morgan fingerprint density at radius 3 is 2.52 bits per heavy atom. The molecular weight excluding hydrogens is 268 g/mol. The van der Waals surface area contributed by atoms with E-state index in [2.05, 4.69) is 12.1 Å². The monoisotopic (exact) mass is 294 g/mol. The molecule has 2 rings (SSSR count). The van der Waals surface area contributed by atoms with E-state index in [1.54, 1.807) is 0 Å². The Labute approximate surface area is 127 Å². The quantitative estimate of drug-likeness (QED) is 0.749. The van der Waals surface area contributed by atoms with E-state index in [9.17, 15) is 5.11 Å². The van der Waals surface area contributed by atoms with Gasteiger partial charge < -0.3 is 19.3 Å². The molecule has 1 N–H and O–H groups in total. The van der Waals surface area contributed by atoms with Crippen molar-refractivity contribution in [3.63, 3.8) is 0 Å². The van der Waals surface area contributed by atoms with Crippen LogP contribution in [0.4, 0.5) is 0 Å². The van der Waals surface area contributed by atoms with Gasteiger partial charge in [-0.25, -0.2) is 0 Å². The molecule has 4 heteroatoms. The summed E-state index contributed by atoms with van der Waals surface area (Å²) in [7, 11) is 0. The molecule has 2 atom stereocenters. The molecule has 1 saturated heterocycles. The molecule has 1 fully saturated rings. The highest BCUT2D eigenvalue weighted by molar-refractivity contribution is 5.13. The number of hydrogen-bond donors (Lipinski definition) is 1. The Morgan fingerprint density at radius 2 is 1.81 bits per heavy atom. The minimum Gasteiger partial charge on any atom is -0.394 e. The summed E-state index contributed by atoms with van der Waals surface area (Å²) in [6, 6.07) is 10.2. The van der Waals surface area contributed by atoms with Crippen LogP contribution in [-0.4, -0.2) is 36.3 Å². The summed E-state index contributed by atoms with van der Waals surface area (Å²) in [5.74, 6) is -0.581. The Kier molecular flexibility index (Phi) is 6.18. The van der Waals surface area contributed by atoms with Gasteiger partial charge in [-0.15, -0.1) is 0 Å². The standard InChI is InChI=1S/C17H26O4/c1-17(2)20-15(16(12-18)21-17)10-6-7-11-19-13-14-8-4-3-5-9-14/h3-5,8-9,15-16,18H,6-7,10-13H2,1-2H3/t15-,16+/m1/s1. The molecule has 1 aromatic carbocycles. The summed E-state index contributed by atoms with van der Waals surface area (Å²) in [5, 5.41) is 9.31. The lowest BCUT2D eigenvalue weighted by atomic mass is 10.1. The number of rotatable bonds is 8. The second kappa shape index (κ2) is 7.90. The van der Waals surface area contributed by atoms with Crippen LogP contribution in [0.3, 0.4) is 0 Å². The van der Waals surface area contributed by atoms with E-state index in [0.29, 0.717) is 6.61 Å². The van der Waals surface area contributed by atoms with Crippen molar-refractivity contribution in [2.75, 3.05) is 13.2 Å². The van der Waals surface area contributed by atoms with Crippen molar-refractivity contribution in [2.45, 2.75) is 57.7 Å². The van der Waals surface area contributed by atoms with E-state index < -0.39 is 5.79 Å². The fourth-order valence-electron chi connectivity index (χ4n) is 2.62. The maximum atomic E-state index is 9.31. The van der Waals surface area contributed by atoms with Crippen molar-refractivity contribution in [1.82, 2.24) is 0 Å². The predicted molar refractivity (Wildman–Crippen MR) is 80.9 cm³/mol. The molecule has 0 amide bonds. The fraction of sp³-hybridized carbons (Fsp3) is 0.647. The molecule has 0 radical (unpaired) electrons. The number of aliphatic hydroxyl groups excluding tert-OH is 1. The second-order valence-electron chi connectivity index (χ2n) is 5.93. The fourth-order valence-corrected chi connectivity index (χ4v) is 2.62. The largest absolute Gasteiger partial charge is 0.394 e. The van der Waals surface area contributed by atoms with Crippen molar-refractivity contribution in [3.8, 4) is 0 Å². The normalized spacial score (nSPS) is 24.3. The summed E-state index contributed by atoms with van der Waals surface area (Å²) < 4.78 is 17.1. The second-order valence-corrected chi connectivity index (χ2v) is 5.93. The van der Waals surface area contributed by atoms with Gasteiger partial charge in [0.05, 0.1) is 19.3 Å². The van der Waals surface area contributed by atoms with Gasteiger partial charge in [0.1, 0.15) is 6.10 Å². The lowest BCUT2D eigenvalue weighted by Crippen LogP contribution is -2.26. The lowest BCUT2D eigenvalue weighted by molar-refractivity contribution is -0.149. The summed E-state index contributed by atoms with van der Waals surface area (Å²) >= 11 is 0. The van der Waals surface area contributed by atoms with Crippen molar-refractivity contribution < 1.29 is 19.3 Å². The molecule has 0 aliphatic carbocycles. The summed E-state index contributed by atoms with van der Waals surface area (Å²) in [6.07, 6.45) is 2.67. The maximum Gasteiger partial charge on any atom is 0.163 e. The van der Waals surface area contributed by atoms with E-state index >= 15 is 0 Å². The summed E-state index contributed by atoms with van der Waals surface area (Å²) in [4.78, 5) is 0. The number of aliphatic hydroxyl groups is 1. The van der Waals surface area contributed by atoms with Crippen LogP contribution in [0.2, 0.25) is 0 Å². The molecular formula is C17H26O4. The number of benzene rings is 1. The highest BCUT2D eigenvalue weighted by atomic mass is 16.8. The SMILES string of the molecule is CC1(C)O[C@@H](CO)[C@@H](CCCCOCc2ccccc2)O1.